The fourth-order valence-corrected chi connectivity index (χ4v) is 5.10. The summed E-state index contributed by atoms with van der Waals surface area (Å²) in [5.41, 5.74) is 2.63. The van der Waals surface area contributed by atoms with Crippen LogP contribution in [0.4, 0.5) is 9.52 Å². The van der Waals surface area contributed by atoms with Gasteiger partial charge in [-0.3, -0.25) is 9.59 Å². The number of anilines is 1. The number of aromatic nitrogens is 1. The molecule has 0 unspecified atom stereocenters. The van der Waals surface area contributed by atoms with Crippen LogP contribution in [0.3, 0.4) is 0 Å². The molecule has 1 aliphatic heterocycles. The van der Waals surface area contributed by atoms with Gasteiger partial charge in [0.15, 0.2) is 0 Å². The van der Waals surface area contributed by atoms with Gasteiger partial charge in [-0.25, -0.2) is 14.3 Å². The summed E-state index contributed by atoms with van der Waals surface area (Å²) < 4.78 is 15.4. The van der Waals surface area contributed by atoms with E-state index in [1.54, 1.807) is 42.5 Å². The Morgan fingerprint density at radius 1 is 0.710 bits per heavy atom. The lowest BCUT2D eigenvalue weighted by molar-refractivity contribution is 0.0893. The van der Waals surface area contributed by atoms with Crippen molar-refractivity contribution in [2.45, 2.75) is 0 Å². The molecule has 4 nitrogen and oxygen atoms in total. The number of carbonyl (C=O) groups is 2. The van der Waals surface area contributed by atoms with E-state index in [2.05, 4.69) is 4.98 Å². The van der Waals surface area contributed by atoms with Crippen molar-refractivity contribution >= 4 is 49.3 Å². The molecule has 1 aromatic heterocycles. The standard InChI is InChI=1S/C25H13FN2O2S/c26-19-9-2-1-6-15(19)14-12-13-18-22-16(14)7-5-8-17(22)23(29)28(24(18)30)25-27-20-10-3-4-11-21(20)31-25/h1-13H. The molecule has 5 aromatic rings. The molecule has 0 saturated carbocycles. The Kier molecular flexibility index (Phi) is 3.79. The van der Waals surface area contributed by atoms with Crippen molar-refractivity contribution in [2.24, 2.45) is 0 Å². The van der Waals surface area contributed by atoms with Crippen LogP contribution in [0.2, 0.25) is 0 Å². The van der Waals surface area contributed by atoms with E-state index in [4.69, 9.17) is 0 Å². The van der Waals surface area contributed by atoms with Crippen molar-refractivity contribution in [3.05, 3.63) is 95.8 Å². The van der Waals surface area contributed by atoms with E-state index in [1.165, 1.54) is 17.4 Å². The summed E-state index contributed by atoms with van der Waals surface area (Å²) in [5, 5.41) is 1.57. The number of benzene rings is 4. The van der Waals surface area contributed by atoms with Crippen molar-refractivity contribution < 1.29 is 14.0 Å². The Labute approximate surface area is 180 Å². The molecule has 6 rings (SSSR count). The molecule has 1 aliphatic rings. The monoisotopic (exact) mass is 424 g/mol. The van der Waals surface area contributed by atoms with Crippen LogP contribution < -0.4 is 4.90 Å². The molecule has 31 heavy (non-hydrogen) atoms. The molecule has 4 aromatic carbocycles. The first kappa shape index (κ1) is 17.9. The number of rotatable bonds is 2. The zero-order valence-electron chi connectivity index (χ0n) is 16.0. The van der Waals surface area contributed by atoms with Gasteiger partial charge in [-0.2, -0.15) is 0 Å². The first-order valence-corrected chi connectivity index (χ1v) is 10.5. The fraction of sp³-hybridized carbons (Fsp3) is 0. The van der Waals surface area contributed by atoms with Gasteiger partial charge in [-0.05, 0) is 41.3 Å². The molecule has 2 amide bonds. The molecule has 148 valence electrons. The van der Waals surface area contributed by atoms with Gasteiger partial charge in [-0.15, -0.1) is 0 Å². The minimum atomic E-state index is -0.423. The van der Waals surface area contributed by atoms with E-state index in [0.717, 1.165) is 15.1 Å². The summed E-state index contributed by atoms with van der Waals surface area (Å²) in [4.78, 5) is 32.5. The molecule has 0 radical (unpaired) electrons. The summed E-state index contributed by atoms with van der Waals surface area (Å²) in [6.45, 7) is 0. The number of para-hydroxylation sites is 1. The van der Waals surface area contributed by atoms with Crippen molar-refractivity contribution in [3.8, 4) is 11.1 Å². The first-order chi connectivity index (χ1) is 15.1. The zero-order valence-corrected chi connectivity index (χ0v) is 16.8. The van der Waals surface area contributed by atoms with Gasteiger partial charge in [0.2, 0.25) is 5.13 Å². The number of hydrogen-bond donors (Lipinski definition) is 0. The van der Waals surface area contributed by atoms with Gasteiger partial charge in [-0.1, -0.05) is 59.9 Å². The van der Waals surface area contributed by atoms with Crippen LogP contribution in [0.5, 0.6) is 0 Å². The predicted octanol–water partition coefficient (Wildman–Crippen LogP) is 6.06. The average molecular weight is 424 g/mol. The van der Waals surface area contributed by atoms with Crippen molar-refractivity contribution in [1.82, 2.24) is 4.98 Å². The van der Waals surface area contributed by atoms with E-state index < -0.39 is 11.8 Å². The predicted molar refractivity (Wildman–Crippen MR) is 120 cm³/mol. The third-order valence-electron chi connectivity index (χ3n) is 5.55. The molecule has 0 spiro atoms. The van der Waals surface area contributed by atoms with Gasteiger partial charge < -0.3 is 0 Å². The van der Waals surface area contributed by atoms with Gasteiger partial charge in [0.05, 0.1) is 10.2 Å². The molecule has 0 atom stereocenters. The van der Waals surface area contributed by atoms with Crippen LogP contribution in [-0.2, 0) is 0 Å². The maximum Gasteiger partial charge on any atom is 0.267 e. The number of fused-ring (bicyclic) bond motifs is 1. The first-order valence-electron chi connectivity index (χ1n) is 9.68. The summed E-state index contributed by atoms with van der Waals surface area (Å²) in [7, 11) is 0. The molecule has 0 aliphatic carbocycles. The average Bonchev–Trinajstić information content (AvgIpc) is 3.21. The second-order valence-corrected chi connectivity index (χ2v) is 8.29. The third kappa shape index (κ3) is 2.55. The van der Waals surface area contributed by atoms with Crippen LogP contribution in [0.1, 0.15) is 20.7 Å². The number of halogens is 1. The van der Waals surface area contributed by atoms with Crippen molar-refractivity contribution in [1.29, 1.82) is 0 Å². The maximum absolute atomic E-state index is 14.5. The van der Waals surface area contributed by atoms with E-state index in [0.29, 0.717) is 38.2 Å². The smallest absolute Gasteiger partial charge is 0.267 e. The Hall–Kier alpha value is -3.90. The molecule has 0 saturated heterocycles. The fourth-order valence-electron chi connectivity index (χ4n) is 4.14. The molecule has 0 N–H and O–H groups in total. The zero-order chi connectivity index (χ0) is 21.1. The number of amides is 2. The lowest BCUT2D eigenvalue weighted by Crippen LogP contribution is -2.40. The summed E-state index contributed by atoms with van der Waals surface area (Å²) >= 11 is 1.30. The maximum atomic E-state index is 14.5. The molecular weight excluding hydrogens is 411 g/mol. The number of nitrogens with zero attached hydrogens (tertiary/aromatic N) is 2. The highest BCUT2D eigenvalue weighted by atomic mass is 32.1. The van der Waals surface area contributed by atoms with Crippen LogP contribution >= 0.6 is 11.3 Å². The van der Waals surface area contributed by atoms with Crippen molar-refractivity contribution in [2.75, 3.05) is 4.90 Å². The second kappa shape index (κ2) is 6.55. The number of carbonyl (C=O) groups excluding carboxylic acids is 2. The van der Waals surface area contributed by atoms with E-state index in [-0.39, 0.29) is 5.82 Å². The molecule has 0 fully saturated rings. The van der Waals surface area contributed by atoms with Gasteiger partial charge in [0, 0.05) is 22.1 Å². The molecule has 6 heteroatoms. The minimum absolute atomic E-state index is 0.344. The van der Waals surface area contributed by atoms with Crippen LogP contribution in [0.15, 0.2) is 78.9 Å². The summed E-state index contributed by atoms with van der Waals surface area (Å²) in [6, 6.07) is 22.7. The van der Waals surface area contributed by atoms with E-state index in [1.807, 2.05) is 30.3 Å². The Morgan fingerprint density at radius 3 is 2.19 bits per heavy atom. The summed E-state index contributed by atoms with van der Waals surface area (Å²) in [5.74, 6) is -1.20. The Morgan fingerprint density at radius 2 is 1.39 bits per heavy atom. The number of hydrogen-bond acceptors (Lipinski definition) is 4. The van der Waals surface area contributed by atoms with Gasteiger partial charge >= 0.3 is 0 Å². The van der Waals surface area contributed by atoms with Crippen molar-refractivity contribution in [3.63, 3.8) is 0 Å². The van der Waals surface area contributed by atoms with Gasteiger partial charge in [0.1, 0.15) is 5.82 Å². The van der Waals surface area contributed by atoms with E-state index in [9.17, 15) is 14.0 Å². The largest absolute Gasteiger partial charge is 0.268 e. The molecule has 2 heterocycles. The van der Waals surface area contributed by atoms with Crippen LogP contribution in [-0.4, -0.2) is 16.8 Å². The van der Waals surface area contributed by atoms with Gasteiger partial charge in [0.25, 0.3) is 11.8 Å². The second-order valence-electron chi connectivity index (χ2n) is 7.28. The molecular formula is C25H13FN2O2S. The number of imide groups is 1. The van der Waals surface area contributed by atoms with Crippen LogP contribution in [0, 0.1) is 5.82 Å². The minimum Gasteiger partial charge on any atom is -0.268 e. The lowest BCUT2D eigenvalue weighted by Gasteiger charge is -2.26. The summed E-state index contributed by atoms with van der Waals surface area (Å²) in [6.07, 6.45) is 0. The quantitative estimate of drug-likeness (QED) is 0.324. The number of thiazole rings is 1. The SMILES string of the molecule is O=C1c2cccc3c(-c4ccccc4F)ccc(c23)C(=O)N1c1nc2ccccc2s1. The normalized spacial score (nSPS) is 13.4. The highest BCUT2D eigenvalue weighted by molar-refractivity contribution is 7.22. The third-order valence-corrected chi connectivity index (χ3v) is 6.57. The lowest BCUT2D eigenvalue weighted by atomic mass is 9.89. The topological polar surface area (TPSA) is 50.3 Å². The molecule has 0 bridgehead atoms. The highest BCUT2D eigenvalue weighted by Crippen LogP contribution is 2.39. The Bertz CT molecular complexity index is 1500. The Balaban J connectivity index is 1.58. The highest BCUT2D eigenvalue weighted by Gasteiger charge is 2.36. The van der Waals surface area contributed by atoms with Crippen LogP contribution in [0.25, 0.3) is 32.1 Å². The van der Waals surface area contributed by atoms with E-state index >= 15 is 0 Å².